The SMILES string of the molecule is C[C@@H]1Cc2ccccc2N1C(=O)CO/N=C\c1ccc(Cl)cc1Cl. The van der Waals surface area contributed by atoms with E-state index in [1.54, 1.807) is 23.1 Å². The molecule has 1 aliphatic rings. The number of hydrogen-bond donors (Lipinski definition) is 0. The number of benzene rings is 2. The minimum atomic E-state index is -0.125. The average Bonchev–Trinajstić information content (AvgIpc) is 2.88. The van der Waals surface area contributed by atoms with Gasteiger partial charge in [0.25, 0.3) is 5.91 Å². The highest BCUT2D eigenvalue weighted by Gasteiger charge is 2.30. The van der Waals surface area contributed by atoms with Gasteiger partial charge in [-0.25, -0.2) is 0 Å². The molecule has 24 heavy (non-hydrogen) atoms. The molecule has 0 aliphatic carbocycles. The summed E-state index contributed by atoms with van der Waals surface area (Å²) in [6.45, 7) is 1.90. The number of rotatable bonds is 4. The summed E-state index contributed by atoms with van der Waals surface area (Å²) in [6, 6.07) is 13.1. The summed E-state index contributed by atoms with van der Waals surface area (Å²) in [5.41, 5.74) is 2.80. The van der Waals surface area contributed by atoms with Gasteiger partial charge in [0.15, 0.2) is 6.61 Å². The summed E-state index contributed by atoms with van der Waals surface area (Å²) >= 11 is 11.9. The summed E-state index contributed by atoms with van der Waals surface area (Å²) in [7, 11) is 0. The first-order valence-corrected chi connectivity index (χ1v) is 8.32. The molecule has 0 saturated heterocycles. The lowest BCUT2D eigenvalue weighted by Crippen LogP contribution is -2.37. The predicted molar refractivity (Wildman–Crippen MR) is 97.1 cm³/mol. The molecule has 0 aromatic heterocycles. The molecule has 0 spiro atoms. The summed E-state index contributed by atoms with van der Waals surface area (Å²) in [6.07, 6.45) is 2.32. The second-order valence-electron chi connectivity index (χ2n) is 5.62. The van der Waals surface area contributed by atoms with Crippen molar-refractivity contribution in [3.8, 4) is 0 Å². The highest BCUT2D eigenvalue weighted by Crippen LogP contribution is 2.31. The predicted octanol–water partition coefficient (Wildman–Crippen LogP) is 4.32. The minimum absolute atomic E-state index is 0.119. The average molecular weight is 363 g/mol. The molecule has 2 aromatic carbocycles. The number of hydrogen-bond acceptors (Lipinski definition) is 3. The van der Waals surface area contributed by atoms with E-state index in [2.05, 4.69) is 5.16 Å². The number of halogens is 2. The zero-order valence-electron chi connectivity index (χ0n) is 13.1. The standard InChI is InChI=1S/C18H16Cl2N2O2/c1-12-8-13-4-2-3-5-17(13)22(12)18(23)11-24-21-10-14-6-7-15(19)9-16(14)20/h2-7,9-10,12H,8,11H2,1H3/b21-10-/t12-/m1/s1. The Morgan fingerprint density at radius 3 is 2.92 bits per heavy atom. The third-order valence-electron chi connectivity index (χ3n) is 3.89. The van der Waals surface area contributed by atoms with Crippen LogP contribution in [0.15, 0.2) is 47.6 Å². The number of para-hydroxylation sites is 1. The van der Waals surface area contributed by atoms with Crippen molar-refractivity contribution in [3.05, 3.63) is 63.6 Å². The second kappa shape index (κ2) is 7.24. The molecule has 0 N–H and O–H groups in total. The molecule has 0 fully saturated rings. The molecule has 124 valence electrons. The molecule has 1 aliphatic heterocycles. The van der Waals surface area contributed by atoms with E-state index in [1.165, 1.54) is 11.8 Å². The Balaban J connectivity index is 1.61. The molecule has 1 amide bonds. The largest absolute Gasteiger partial charge is 0.386 e. The quantitative estimate of drug-likeness (QED) is 0.600. The van der Waals surface area contributed by atoms with Gasteiger partial charge in [-0.05, 0) is 37.1 Å². The molecule has 0 radical (unpaired) electrons. The van der Waals surface area contributed by atoms with Crippen LogP contribution in [0.1, 0.15) is 18.1 Å². The fraction of sp³-hybridized carbons (Fsp3) is 0.222. The maximum atomic E-state index is 12.4. The molecule has 0 unspecified atom stereocenters. The highest BCUT2D eigenvalue weighted by molar-refractivity contribution is 6.36. The molecule has 0 saturated carbocycles. The summed E-state index contributed by atoms with van der Waals surface area (Å²) in [5, 5.41) is 4.85. The van der Waals surface area contributed by atoms with Crippen LogP contribution >= 0.6 is 23.2 Å². The van der Waals surface area contributed by atoms with Gasteiger partial charge in [-0.15, -0.1) is 0 Å². The van der Waals surface area contributed by atoms with Crippen molar-refractivity contribution in [3.63, 3.8) is 0 Å². The highest BCUT2D eigenvalue weighted by atomic mass is 35.5. The molecule has 2 aromatic rings. The van der Waals surface area contributed by atoms with E-state index in [0.717, 1.165) is 12.1 Å². The van der Waals surface area contributed by atoms with Gasteiger partial charge in [0.1, 0.15) is 0 Å². The second-order valence-corrected chi connectivity index (χ2v) is 6.46. The van der Waals surface area contributed by atoms with E-state index in [1.807, 2.05) is 31.2 Å². The Morgan fingerprint density at radius 1 is 1.33 bits per heavy atom. The summed E-state index contributed by atoms with van der Waals surface area (Å²) in [5.74, 6) is -0.119. The first-order valence-electron chi connectivity index (χ1n) is 7.56. The van der Waals surface area contributed by atoms with Gasteiger partial charge >= 0.3 is 0 Å². The van der Waals surface area contributed by atoms with Crippen molar-refractivity contribution in [2.45, 2.75) is 19.4 Å². The van der Waals surface area contributed by atoms with Gasteiger partial charge in [-0.2, -0.15) is 0 Å². The molecule has 6 heteroatoms. The Bertz CT molecular complexity index is 792. The van der Waals surface area contributed by atoms with E-state index >= 15 is 0 Å². The molecular formula is C18H16Cl2N2O2. The third kappa shape index (κ3) is 3.55. The first-order chi connectivity index (χ1) is 11.6. The van der Waals surface area contributed by atoms with Crippen LogP contribution in [0.3, 0.4) is 0 Å². The van der Waals surface area contributed by atoms with Crippen LogP contribution in [-0.2, 0) is 16.1 Å². The number of carbonyl (C=O) groups excluding carboxylic acids is 1. The maximum absolute atomic E-state index is 12.4. The molecule has 4 nitrogen and oxygen atoms in total. The smallest absolute Gasteiger partial charge is 0.268 e. The van der Waals surface area contributed by atoms with Crippen molar-refractivity contribution in [1.82, 2.24) is 0 Å². The maximum Gasteiger partial charge on any atom is 0.268 e. The lowest BCUT2D eigenvalue weighted by atomic mass is 10.1. The fourth-order valence-corrected chi connectivity index (χ4v) is 3.27. The number of carbonyl (C=O) groups is 1. The van der Waals surface area contributed by atoms with Gasteiger partial charge in [0.05, 0.1) is 11.2 Å². The molecule has 1 heterocycles. The van der Waals surface area contributed by atoms with Gasteiger partial charge in [-0.1, -0.05) is 52.6 Å². The minimum Gasteiger partial charge on any atom is -0.386 e. The Morgan fingerprint density at radius 2 is 2.12 bits per heavy atom. The summed E-state index contributed by atoms with van der Waals surface area (Å²) in [4.78, 5) is 19.3. The fourth-order valence-electron chi connectivity index (χ4n) is 2.81. The Hall–Kier alpha value is -2.04. The van der Waals surface area contributed by atoms with E-state index in [4.69, 9.17) is 28.0 Å². The van der Waals surface area contributed by atoms with Crippen molar-refractivity contribution in [1.29, 1.82) is 0 Å². The Labute approximate surface area is 150 Å². The molecule has 1 atom stereocenters. The van der Waals surface area contributed by atoms with Crippen molar-refractivity contribution >= 4 is 41.0 Å². The van der Waals surface area contributed by atoms with Gasteiger partial charge in [0, 0.05) is 22.3 Å². The number of oxime groups is 1. The zero-order chi connectivity index (χ0) is 17.1. The number of nitrogens with zero attached hydrogens (tertiary/aromatic N) is 2. The van der Waals surface area contributed by atoms with E-state index in [9.17, 15) is 4.79 Å². The van der Waals surface area contributed by atoms with Gasteiger partial charge in [0.2, 0.25) is 0 Å². The van der Waals surface area contributed by atoms with Gasteiger partial charge < -0.3 is 9.74 Å². The molecule has 3 rings (SSSR count). The van der Waals surface area contributed by atoms with Crippen LogP contribution in [0.2, 0.25) is 10.0 Å². The lowest BCUT2D eigenvalue weighted by Gasteiger charge is -2.21. The number of anilines is 1. The Kier molecular flexibility index (Phi) is 5.07. The van der Waals surface area contributed by atoms with Gasteiger partial charge in [-0.3, -0.25) is 4.79 Å². The first kappa shape index (κ1) is 16.8. The van der Waals surface area contributed by atoms with Crippen LogP contribution in [0.25, 0.3) is 0 Å². The summed E-state index contributed by atoms with van der Waals surface area (Å²) < 4.78 is 0. The zero-order valence-corrected chi connectivity index (χ0v) is 14.6. The van der Waals surface area contributed by atoms with Crippen LogP contribution < -0.4 is 4.90 Å². The number of amides is 1. The van der Waals surface area contributed by atoms with Crippen LogP contribution in [-0.4, -0.2) is 24.8 Å². The van der Waals surface area contributed by atoms with Crippen LogP contribution in [0.5, 0.6) is 0 Å². The lowest BCUT2D eigenvalue weighted by molar-refractivity contribution is -0.123. The van der Waals surface area contributed by atoms with E-state index in [-0.39, 0.29) is 18.6 Å². The van der Waals surface area contributed by atoms with Crippen LogP contribution in [0, 0.1) is 0 Å². The van der Waals surface area contributed by atoms with Crippen LogP contribution in [0.4, 0.5) is 5.69 Å². The van der Waals surface area contributed by atoms with E-state index in [0.29, 0.717) is 15.6 Å². The van der Waals surface area contributed by atoms with Crippen molar-refractivity contribution < 1.29 is 9.63 Å². The van der Waals surface area contributed by atoms with Crippen molar-refractivity contribution in [2.24, 2.45) is 5.16 Å². The molecular weight excluding hydrogens is 347 g/mol. The topological polar surface area (TPSA) is 41.9 Å². The normalized spacial score (nSPS) is 16.5. The number of fused-ring (bicyclic) bond motifs is 1. The molecule has 0 bridgehead atoms. The third-order valence-corrected chi connectivity index (χ3v) is 4.46. The monoisotopic (exact) mass is 362 g/mol. The van der Waals surface area contributed by atoms with Crippen molar-refractivity contribution in [2.75, 3.05) is 11.5 Å². The van der Waals surface area contributed by atoms with E-state index < -0.39 is 0 Å².